The van der Waals surface area contributed by atoms with Crippen molar-refractivity contribution in [2.75, 3.05) is 10.0 Å². The number of rotatable bonds is 8. The zero-order chi connectivity index (χ0) is 27.3. The van der Waals surface area contributed by atoms with Gasteiger partial charge in [0.05, 0.1) is 15.5 Å². The number of nitro groups is 1. The molecular weight excluding hydrogens is 502 g/mol. The zero-order valence-corrected chi connectivity index (χ0v) is 21.5. The van der Waals surface area contributed by atoms with E-state index in [0.717, 1.165) is 11.1 Å². The molecule has 0 atom stereocenters. The fourth-order valence-corrected chi connectivity index (χ4v) is 5.04. The summed E-state index contributed by atoms with van der Waals surface area (Å²) in [6, 6.07) is 26.3. The lowest BCUT2D eigenvalue weighted by Gasteiger charge is -2.14. The van der Waals surface area contributed by atoms with E-state index in [1.165, 1.54) is 36.4 Å². The van der Waals surface area contributed by atoms with E-state index in [4.69, 9.17) is 0 Å². The minimum absolute atomic E-state index is 0.0463. The number of carbonyl (C=O) groups excluding carboxylic acids is 1. The Bertz CT molecular complexity index is 1590. The summed E-state index contributed by atoms with van der Waals surface area (Å²) in [5.41, 5.74) is 4.13. The molecule has 2 N–H and O–H groups in total. The second-order valence-corrected chi connectivity index (χ2v) is 10.3. The first-order valence-electron chi connectivity index (χ1n) is 11.7. The van der Waals surface area contributed by atoms with Crippen molar-refractivity contribution in [3.05, 3.63) is 129 Å². The zero-order valence-electron chi connectivity index (χ0n) is 20.7. The van der Waals surface area contributed by atoms with Crippen LogP contribution in [-0.4, -0.2) is 19.2 Å². The Kier molecular flexibility index (Phi) is 7.68. The van der Waals surface area contributed by atoms with Crippen molar-refractivity contribution in [2.24, 2.45) is 0 Å². The van der Waals surface area contributed by atoms with E-state index in [0.29, 0.717) is 28.1 Å². The number of para-hydroxylation sites is 1. The number of benzene rings is 4. The molecule has 4 aromatic carbocycles. The predicted octanol–water partition coefficient (Wildman–Crippen LogP) is 6.19. The molecule has 0 saturated heterocycles. The van der Waals surface area contributed by atoms with Crippen molar-refractivity contribution in [2.45, 2.75) is 18.7 Å². The molecule has 0 radical (unpaired) electrons. The third-order valence-corrected chi connectivity index (χ3v) is 7.25. The van der Waals surface area contributed by atoms with Gasteiger partial charge in [-0.3, -0.25) is 19.6 Å². The molecule has 0 saturated carbocycles. The Hall–Kier alpha value is -4.76. The molecule has 4 aromatic rings. The monoisotopic (exact) mass is 527 g/mol. The summed E-state index contributed by atoms with van der Waals surface area (Å²) in [5, 5.41) is 13.8. The van der Waals surface area contributed by atoms with Crippen molar-refractivity contribution in [3.63, 3.8) is 0 Å². The fraction of sp³-hybridized carbons (Fsp3) is 0.0690. The molecule has 0 bridgehead atoms. The normalized spacial score (nSPS) is 11.6. The second-order valence-electron chi connectivity index (χ2n) is 8.62. The number of anilines is 2. The first-order valence-corrected chi connectivity index (χ1v) is 13.1. The van der Waals surface area contributed by atoms with Crippen LogP contribution in [0.2, 0.25) is 0 Å². The molecule has 0 aliphatic rings. The molecule has 4 rings (SSSR count). The number of aryl methyl sites for hydroxylation is 2. The maximum Gasteiger partial charge on any atom is 0.269 e. The quantitative estimate of drug-likeness (QED) is 0.123. The highest BCUT2D eigenvalue weighted by atomic mass is 32.2. The van der Waals surface area contributed by atoms with E-state index in [1.807, 2.05) is 38.1 Å². The lowest BCUT2D eigenvalue weighted by Crippen LogP contribution is -2.16. The lowest BCUT2D eigenvalue weighted by atomic mass is 10.0. The first kappa shape index (κ1) is 26.3. The van der Waals surface area contributed by atoms with Crippen molar-refractivity contribution in [1.29, 1.82) is 0 Å². The number of non-ortho nitro benzene ring substituents is 1. The summed E-state index contributed by atoms with van der Waals surface area (Å²) in [7, 11) is -3.84. The number of hydrogen-bond acceptors (Lipinski definition) is 5. The molecule has 38 heavy (non-hydrogen) atoms. The Morgan fingerprint density at radius 2 is 1.42 bits per heavy atom. The fourth-order valence-electron chi connectivity index (χ4n) is 3.84. The van der Waals surface area contributed by atoms with E-state index in [-0.39, 0.29) is 10.6 Å². The molecule has 0 aliphatic carbocycles. The van der Waals surface area contributed by atoms with Gasteiger partial charge < -0.3 is 5.32 Å². The number of hydrogen-bond donors (Lipinski definition) is 2. The van der Waals surface area contributed by atoms with Gasteiger partial charge >= 0.3 is 0 Å². The summed E-state index contributed by atoms with van der Waals surface area (Å²) < 4.78 is 28.5. The third-order valence-electron chi connectivity index (χ3n) is 5.88. The number of carbonyl (C=O) groups is 1. The Labute approximate surface area is 220 Å². The minimum Gasteiger partial charge on any atom is -0.322 e. The summed E-state index contributed by atoms with van der Waals surface area (Å²) in [5.74, 6) is -0.418. The van der Waals surface area contributed by atoms with Crippen molar-refractivity contribution in [1.82, 2.24) is 0 Å². The van der Waals surface area contributed by atoms with Gasteiger partial charge in [-0.25, -0.2) is 8.42 Å². The van der Waals surface area contributed by atoms with Crippen LogP contribution in [0.5, 0.6) is 0 Å². The number of nitrogens with one attached hydrogen (secondary N) is 2. The summed E-state index contributed by atoms with van der Waals surface area (Å²) >= 11 is 0. The highest BCUT2D eigenvalue weighted by Gasteiger charge is 2.18. The average Bonchev–Trinajstić information content (AvgIpc) is 2.90. The molecule has 192 valence electrons. The van der Waals surface area contributed by atoms with Crippen molar-refractivity contribution in [3.8, 4) is 0 Å². The van der Waals surface area contributed by atoms with E-state index in [1.54, 1.807) is 42.5 Å². The first-order chi connectivity index (χ1) is 18.1. The highest BCUT2D eigenvalue weighted by Crippen LogP contribution is 2.25. The molecule has 0 fully saturated rings. The van der Waals surface area contributed by atoms with Gasteiger partial charge in [0.25, 0.3) is 21.6 Å². The number of nitro benzene ring substituents is 1. The second kappa shape index (κ2) is 11.1. The Morgan fingerprint density at radius 1 is 0.816 bits per heavy atom. The van der Waals surface area contributed by atoms with Crippen LogP contribution in [0, 0.1) is 24.0 Å². The van der Waals surface area contributed by atoms with Gasteiger partial charge in [-0.2, -0.15) is 0 Å². The molecule has 0 heterocycles. The number of sulfonamides is 1. The SMILES string of the molecule is Cc1cccc(C)c1NS(=O)(=O)c1ccc(NC(=O)/C(=C/c2ccc([N+](=O)[O-])cc2)c2ccccc2)cc1. The van der Waals surface area contributed by atoms with Gasteiger partial charge in [-0.15, -0.1) is 0 Å². The molecule has 1 amide bonds. The van der Waals surface area contributed by atoms with Crippen molar-refractivity contribution < 1.29 is 18.1 Å². The van der Waals surface area contributed by atoms with Crippen molar-refractivity contribution >= 4 is 44.6 Å². The summed E-state index contributed by atoms with van der Waals surface area (Å²) in [6.45, 7) is 3.66. The van der Waals surface area contributed by atoms with Crippen LogP contribution in [0.3, 0.4) is 0 Å². The van der Waals surface area contributed by atoms with E-state index < -0.39 is 20.9 Å². The van der Waals surface area contributed by atoms with Crippen LogP contribution in [0.15, 0.2) is 102 Å². The molecule has 9 heteroatoms. The molecular formula is C29H25N3O5S. The number of nitrogens with zero attached hydrogens (tertiary/aromatic N) is 1. The minimum atomic E-state index is -3.84. The smallest absolute Gasteiger partial charge is 0.269 e. The Morgan fingerprint density at radius 3 is 2.00 bits per heavy atom. The van der Waals surface area contributed by atoms with E-state index in [9.17, 15) is 23.3 Å². The standard InChI is InChI=1S/C29H25N3O5S/c1-20-7-6-8-21(2)28(20)31-38(36,37)26-17-13-24(14-18-26)30-29(33)27(23-9-4-3-5-10-23)19-22-11-15-25(16-12-22)32(34)35/h3-19,31H,1-2H3,(H,30,33)/b27-19+. The van der Waals surface area contributed by atoms with Crippen LogP contribution in [0.25, 0.3) is 11.6 Å². The predicted molar refractivity (Wildman–Crippen MR) is 149 cm³/mol. The highest BCUT2D eigenvalue weighted by molar-refractivity contribution is 7.92. The molecule has 0 aliphatic heterocycles. The van der Waals surface area contributed by atoms with Crippen LogP contribution < -0.4 is 10.0 Å². The van der Waals surface area contributed by atoms with E-state index >= 15 is 0 Å². The topological polar surface area (TPSA) is 118 Å². The molecule has 0 spiro atoms. The Balaban J connectivity index is 1.57. The average molecular weight is 528 g/mol. The summed E-state index contributed by atoms with van der Waals surface area (Å²) in [6.07, 6.45) is 1.64. The van der Waals surface area contributed by atoms with Crippen LogP contribution in [0.4, 0.5) is 17.1 Å². The van der Waals surface area contributed by atoms with Gasteiger partial charge in [0.2, 0.25) is 0 Å². The van der Waals surface area contributed by atoms with Crippen LogP contribution in [-0.2, 0) is 14.8 Å². The molecule has 8 nitrogen and oxygen atoms in total. The van der Waals surface area contributed by atoms with Gasteiger partial charge in [-0.05, 0) is 78.6 Å². The van der Waals surface area contributed by atoms with Crippen LogP contribution in [0.1, 0.15) is 22.3 Å². The van der Waals surface area contributed by atoms with Crippen LogP contribution >= 0.6 is 0 Å². The third kappa shape index (κ3) is 6.13. The van der Waals surface area contributed by atoms with Gasteiger partial charge in [0.15, 0.2) is 0 Å². The maximum absolute atomic E-state index is 13.3. The largest absolute Gasteiger partial charge is 0.322 e. The van der Waals surface area contributed by atoms with Gasteiger partial charge in [0, 0.05) is 23.4 Å². The lowest BCUT2D eigenvalue weighted by molar-refractivity contribution is -0.384. The van der Waals surface area contributed by atoms with Gasteiger partial charge in [0.1, 0.15) is 0 Å². The number of amides is 1. The van der Waals surface area contributed by atoms with E-state index in [2.05, 4.69) is 10.0 Å². The molecule has 0 unspecified atom stereocenters. The maximum atomic E-state index is 13.3. The van der Waals surface area contributed by atoms with Gasteiger partial charge in [-0.1, -0.05) is 48.5 Å². The summed E-state index contributed by atoms with van der Waals surface area (Å²) in [4.78, 5) is 23.8. The molecule has 0 aromatic heterocycles.